The molecule has 7 nitrogen and oxygen atoms in total. The molecule has 1 aliphatic rings. The highest BCUT2D eigenvalue weighted by atomic mass is 16.4. The van der Waals surface area contributed by atoms with Gasteiger partial charge in [-0.2, -0.15) is 5.10 Å². The van der Waals surface area contributed by atoms with E-state index < -0.39 is 11.9 Å². The summed E-state index contributed by atoms with van der Waals surface area (Å²) < 4.78 is 1.37. The van der Waals surface area contributed by atoms with Crippen LogP contribution in [0.5, 0.6) is 0 Å². The molecule has 1 aliphatic heterocycles. The lowest BCUT2D eigenvalue weighted by molar-refractivity contribution is -0.312. The van der Waals surface area contributed by atoms with Crippen LogP contribution in [-0.2, 0) is 11.3 Å². The fourth-order valence-corrected chi connectivity index (χ4v) is 3.32. The molecule has 0 saturated carbocycles. The number of unbranched alkanes of at least 4 members (excludes halogenated alkanes) is 1. The van der Waals surface area contributed by atoms with Crippen LogP contribution >= 0.6 is 0 Å². The van der Waals surface area contributed by atoms with E-state index in [1.807, 2.05) is 6.92 Å². The second-order valence-corrected chi connectivity index (χ2v) is 6.66. The summed E-state index contributed by atoms with van der Waals surface area (Å²) in [6.45, 7) is 3.19. The number of amides is 1. The Labute approximate surface area is 151 Å². The maximum atomic E-state index is 13.0. The number of nitrogens with zero attached hydrogens (tertiary/aromatic N) is 3. The highest BCUT2D eigenvalue weighted by Crippen LogP contribution is 2.21. The first kappa shape index (κ1) is 18.1. The summed E-state index contributed by atoms with van der Waals surface area (Å²) >= 11 is 0. The zero-order chi connectivity index (χ0) is 18.7. The first-order chi connectivity index (χ1) is 12.5. The summed E-state index contributed by atoms with van der Waals surface area (Å²) in [4.78, 5) is 38.2. The minimum Gasteiger partial charge on any atom is -0.550 e. The Morgan fingerprint density at radius 1 is 1.19 bits per heavy atom. The molecule has 2 aromatic rings. The van der Waals surface area contributed by atoms with Crippen molar-refractivity contribution in [3.63, 3.8) is 0 Å². The molecule has 0 bridgehead atoms. The van der Waals surface area contributed by atoms with Crippen molar-refractivity contribution in [1.82, 2.24) is 14.7 Å². The molecule has 0 radical (unpaired) electrons. The molecule has 0 N–H and O–H groups in total. The number of carbonyl (C=O) groups excluding carboxylic acids is 2. The second-order valence-electron chi connectivity index (χ2n) is 6.66. The molecule has 1 fully saturated rings. The van der Waals surface area contributed by atoms with E-state index in [-0.39, 0.29) is 17.2 Å². The maximum absolute atomic E-state index is 13.0. The molecule has 138 valence electrons. The van der Waals surface area contributed by atoms with Crippen LogP contribution in [0.3, 0.4) is 0 Å². The molecule has 0 unspecified atom stereocenters. The SMILES string of the molecule is CCCCn1nc(C(=O)N2CCC(C(=O)[O-])CC2)c2ccccc2c1=O. The lowest BCUT2D eigenvalue weighted by atomic mass is 9.97. The van der Waals surface area contributed by atoms with E-state index in [0.29, 0.717) is 43.2 Å². The number of piperidine rings is 1. The topological polar surface area (TPSA) is 95.3 Å². The molecule has 7 heteroatoms. The number of likely N-dealkylation sites (tertiary alicyclic amines) is 1. The molecule has 2 heterocycles. The molecule has 0 aliphatic carbocycles. The number of carboxylic acids is 1. The van der Waals surface area contributed by atoms with E-state index in [9.17, 15) is 19.5 Å². The molecule has 0 atom stereocenters. The fourth-order valence-electron chi connectivity index (χ4n) is 3.32. The van der Waals surface area contributed by atoms with Gasteiger partial charge in [-0.15, -0.1) is 0 Å². The van der Waals surface area contributed by atoms with Crippen molar-refractivity contribution < 1.29 is 14.7 Å². The van der Waals surface area contributed by atoms with Crippen LogP contribution in [-0.4, -0.2) is 39.6 Å². The first-order valence-electron chi connectivity index (χ1n) is 9.03. The van der Waals surface area contributed by atoms with Gasteiger partial charge in [0.2, 0.25) is 0 Å². The molecular weight excluding hydrogens is 334 g/mol. The Morgan fingerprint density at radius 3 is 2.46 bits per heavy atom. The summed E-state index contributed by atoms with van der Waals surface area (Å²) in [6, 6.07) is 6.99. The minimum atomic E-state index is -1.06. The van der Waals surface area contributed by atoms with Crippen molar-refractivity contribution in [1.29, 1.82) is 0 Å². The van der Waals surface area contributed by atoms with Crippen LogP contribution in [0, 0.1) is 5.92 Å². The molecule has 1 amide bonds. The van der Waals surface area contributed by atoms with Gasteiger partial charge in [0.25, 0.3) is 11.5 Å². The number of rotatable bonds is 5. The third kappa shape index (κ3) is 3.47. The quantitative estimate of drug-likeness (QED) is 0.790. The molecule has 1 aromatic carbocycles. The molecule has 0 spiro atoms. The molecular formula is C19H22N3O4-. The zero-order valence-corrected chi connectivity index (χ0v) is 14.8. The number of aryl methyl sites for hydroxylation is 1. The van der Waals surface area contributed by atoms with Crippen molar-refractivity contribution in [3.05, 3.63) is 40.3 Å². The van der Waals surface area contributed by atoms with Crippen molar-refractivity contribution in [2.75, 3.05) is 13.1 Å². The van der Waals surface area contributed by atoms with Crippen LogP contribution in [0.1, 0.15) is 43.1 Å². The lowest BCUT2D eigenvalue weighted by Gasteiger charge is -2.32. The van der Waals surface area contributed by atoms with E-state index >= 15 is 0 Å². The Bertz CT molecular complexity index is 882. The van der Waals surface area contributed by atoms with Crippen molar-refractivity contribution in [2.24, 2.45) is 5.92 Å². The third-order valence-electron chi connectivity index (χ3n) is 4.91. The number of fused-ring (bicyclic) bond motifs is 1. The Hall–Kier alpha value is -2.70. The predicted molar refractivity (Wildman–Crippen MR) is 94.5 cm³/mol. The number of hydrogen-bond acceptors (Lipinski definition) is 5. The van der Waals surface area contributed by atoms with E-state index in [1.54, 1.807) is 29.2 Å². The summed E-state index contributed by atoms with van der Waals surface area (Å²) in [7, 11) is 0. The fraction of sp³-hybridized carbons (Fsp3) is 0.474. The van der Waals surface area contributed by atoms with Gasteiger partial charge in [-0.25, -0.2) is 4.68 Å². The van der Waals surface area contributed by atoms with Gasteiger partial charge in [0.1, 0.15) is 0 Å². The van der Waals surface area contributed by atoms with Gasteiger partial charge in [-0.05, 0) is 25.3 Å². The van der Waals surface area contributed by atoms with Crippen LogP contribution in [0.4, 0.5) is 0 Å². The highest BCUT2D eigenvalue weighted by molar-refractivity contribution is 6.04. The predicted octanol–water partition coefficient (Wildman–Crippen LogP) is 0.799. The molecule has 26 heavy (non-hydrogen) atoms. The number of carboxylic acid groups (broad SMARTS) is 1. The van der Waals surface area contributed by atoms with E-state index in [4.69, 9.17) is 0 Å². The standard InChI is InChI=1S/C19H23N3O4/c1-2-3-10-22-17(23)15-7-5-4-6-14(15)16(20-22)18(24)21-11-8-13(9-12-21)19(25)26/h4-7,13H,2-3,8-12H2,1H3,(H,25,26)/p-1. The van der Waals surface area contributed by atoms with E-state index in [1.165, 1.54) is 4.68 Å². The van der Waals surface area contributed by atoms with Gasteiger partial charge in [-0.1, -0.05) is 31.5 Å². The summed E-state index contributed by atoms with van der Waals surface area (Å²) in [6.07, 6.45) is 2.47. The van der Waals surface area contributed by atoms with Gasteiger partial charge in [0.05, 0.1) is 5.39 Å². The van der Waals surface area contributed by atoms with Gasteiger partial charge in [0, 0.05) is 36.9 Å². The van der Waals surface area contributed by atoms with Crippen molar-refractivity contribution in [3.8, 4) is 0 Å². The van der Waals surface area contributed by atoms with E-state index in [0.717, 1.165) is 12.8 Å². The van der Waals surface area contributed by atoms with Gasteiger partial charge in [0.15, 0.2) is 5.69 Å². The second kappa shape index (κ2) is 7.68. The monoisotopic (exact) mass is 356 g/mol. The van der Waals surface area contributed by atoms with Gasteiger partial charge in [-0.3, -0.25) is 9.59 Å². The Kier molecular flexibility index (Phi) is 5.35. The normalized spacial score (nSPS) is 15.3. The summed E-state index contributed by atoms with van der Waals surface area (Å²) in [5, 5.41) is 16.4. The van der Waals surface area contributed by atoms with Crippen molar-refractivity contribution in [2.45, 2.75) is 39.2 Å². The summed E-state index contributed by atoms with van der Waals surface area (Å²) in [5.41, 5.74) is 0.0597. The number of benzene rings is 1. The first-order valence-corrected chi connectivity index (χ1v) is 9.03. The lowest BCUT2D eigenvalue weighted by Crippen LogP contribution is -2.44. The minimum absolute atomic E-state index is 0.193. The zero-order valence-electron chi connectivity index (χ0n) is 14.8. The maximum Gasteiger partial charge on any atom is 0.274 e. The smallest absolute Gasteiger partial charge is 0.274 e. The van der Waals surface area contributed by atoms with E-state index in [2.05, 4.69) is 5.10 Å². The van der Waals surface area contributed by atoms with Gasteiger partial charge >= 0.3 is 0 Å². The number of aromatic nitrogens is 2. The van der Waals surface area contributed by atoms with Crippen molar-refractivity contribution >= 4 is 22.6 Å². The van der Waals surface area contributed by atoms with Crippen LogP contribution in [0.2, 0.25) is 0 Å². The Balaban J connectivity index is 1.96. The Morgan fingerprint density at radius 2 is 1.85 bits per heavy atom. The average Bonchev–Trinajstić information content (AvgIpc) is 2.67. The van der Waals surface area contributed by atoms with Crippen LogP contribution in [0.15, 0.2) is 29.1 Å². The molecule has 1 aromatic heterocycles. The van der Waals surface area contributed by atoms with Gasteiger partial charge < -0.3 is 14.8 Å². The number of aliphatic carboxylic acids is 1. The van der Waals surface area contributed by atoms with Crippen LogP contribution < -0.4 is 10.7 Å². The summed E-state index contributed by atoms with van der Waals surface area (Å²) in [5.74, 6) is -1.83. The molecule has 1 saturated heterocycles. The largest absolute Gasteiger partial charge is 0.550 e. The molecule has 3 rings (SSSR count). The number of carbonyl (C=O) groups is 2. The number of hydrogen-bond donors (Lipinski definition) is 0. The average molecular weight is 356 g/mol. The highest BCUT2D eigenvalue weighted by Gasteiger charge is 2.27. The third-order valence-corrected chi connectivity index (χ3v) is 4.91. The van der Waals surface area contributed by atoms with Crippen LogP contribution in [0.25, 0.3) is 10.8 Å².